The van der Waals surface area contributed by atoms with Gasteiger partial charge in [0, 0.05) is 21.8 Å². The number of rotatable bonds is 8. The number of hydrogen-bond acceptors (Lipinski definition) is 11. The number of benzene rings is 4. The summed E-state index contributed by atoms with van der Waals surface area (Å²) in [5.74, 6) is 0.194. The molecule has 39 heavy (non-hydrogen) atoms. The molecule has 0 aliphatic carbocycles. The molecular weight excluding hydrogens is 574 g/mol. The molecule has 0 fully saturated rings. The zero-order chi connectivity index (χ0) is 28.8. The number of nitrogens with zero attached hydrogens (tertiary/aromatic N) is 2. The van der Waals surface area contributed by atoms with E-state index in [4.69, 9.17) is 27.6 Å². The maximum Gasteiger partial charge on any atom is 0.425 e. The van der Waals surface area contributed by atoms with Crippen molar-refractivity contribution in [2.75, 3.05) is 18.1 Å². The van der Waals surface area contributed by atoms with Crippen LogP contribution in [0.1, 0.15) is 6.42 Å². The van der Waals surface area contributed by atoms with E-state index in [1.807, 2.05) is 6.07 Å². The molecule has 0 aromatic heterocycles. The van der Waals surface area contributed by atoms with Crippen LogP contribution in [0.3, 0.4) is 0 Å². The summed E-state index contributed by atoms with van der Waals surface area (Å²) < 4.78 is 93.7. The van der Waals surface area contributed by atoms with Crippen molar-refractivity contribution in [1.29, 1.82) is 0 Å². The van der Waals surface area contributed by atoms with Crippen LogP contribution in [0.5, 0.6) is 5.75 Å². The summed E-state index contributed by atoms with van der Waals surface area (Å²) in [5.41, 5.74) is 7.34. The van der Waals surface area contributed by atoms with Crippen LogP contribution in [0.2, 0.25) is 0 Å². The molecule has 0 bridgehead atoms. The lowest BCUT2D eigenvalue weighted by molar-refractivity contribution is 0.319. The molecule has 4 N–H and O–H groups in total. The van der Waals surface area contributed by atoms with Crippen molar-refractivity contribution in [2.24, 2.45) is 10.2 Å². The topological polar surface area (TPSA) is 220 Å². The molecule has 4 rings (SSSR count). The van der Waals surface area contributed by atoms with Gasteiger partial charge < -0.3 is 10.5 Å². The van der Waals surface area contributed by atoms with Crippen LogP contribution in [0, 0.1) is 0 Å². The molecule has 0 atom stereocenters. The predicted molar refractivity (Wildman–Crippen MR) is 143 cm³/mol. The molecule has 13 nitrogen and oxygen atoms in total. The van der Waals surface area contributed by atoms with Gasteiger partial charge in [0.2, 0.25) is 0 Å². The number of nitrogens with two attached hydrogens (primary N) is 1. The number of fused-ring (bicyclic) bond motifs is 2. The first-order valence-electron chi connectivity index (χ1n) is 10.8. The third-order valence-electron chi connectivity index (χ3n) is 5.20. The zero-order valence-electron chi connectivity index (χ0n) is 19.8. The molecule has 0 amide bonds. The molecule has 0 unspecified atom stereocenters. The number of nitrogen functional groups attached to an aromatic ring is 1. The Morgan fingerprint density at radius 1 is 0.821 bits per heavy atom. The normalized spacial score (nSPS) is 11.8. The highest BCUT2D eigenvalue weighted by molar-refractivity contribution is 7.86. The quantitative estimate of drug-likeness (QED) is 0.115. The van der Waals surface area contributed by atoms with Gasteiger partial charge in [0.15, 0.2) is 0 Å². The third-order valence-corrected chi connectivity index (χ3v) is 6.85. The van der Waals surface area contributed by atoms with Crippen molar-refractivity contribution in [3.63, 3.8) is 0 Å². The summed E-state index contributed by atoms with van der Waals surface area (Å²) in [6.45, 7) is 0.129. The fraction of sp³-hybridized carbons (Fsp3) is 0.130. The average Bonchev–Trinajstić information content (AvgIpc) is 2.84. The van der Waals surface area contributed by atoms with Crippen LogP contribution in [-0.2, 0) is 30.8 Å². The van der Waals surface area contributed by atoms with E-state index in [2.05, 4.69) is 10.2 Å². The van der Waals surface area contributed by atoms with Crippen LogP contribution in [0.25, 0.3) is 21.5 Å². The molecular formula is C23H21N3O10S3. The Labute approximate surface area is 224 Å². The largest absolute Gasteiger partial charge is 0.493 e. The number of ether oxygens (including phenoxy) is 1. The lowest BCUT2D eigenvalue weighted by atomic mass is 10.1. The second-order valence-corrected chi connectivity index (χ2v) is 11.3. The highest BCUT2D eigenvalue weighted by Gasteiger charge is 2.13. The monoisotopic (exact) mass is 595 g/mol. The molecule has 4 aromatic carbocycles. The Morgan fingerprint density at radius 2 is 1.51 bits per heavy atom. The van der Waals surface area contributed by atoms with E-state index in [1.54, 1.807) is 42.5 Å². The summed E-state index contributed by atoms with van der Waals surface area (Å²) >= 11 is 0. The fourth-order valence-electron chi connectivity index (χ4n) is 3.55. The molecule has 0 saturated carbocycles. The first kappa shape index (κ1) is 29.6. The van der Waals surface area contributed by atoms with Gasteiger partial charge >= 0.3 is 10.6 Å². The standard InChI is InChI=1S/C23H21N3O7S2.O3S/c24-21-9-10-22(19-8-6-17(14-20(19)21)35(30,31)32)26-25-16-5-7-18-15(13-16)3-1-4-23(18)33-11-2-12-34(27,28)29;1-4(2)3/h1,3-10,13-14H,2,11-12,24H2,(H,27,28,29)(H,30,31,32);. The molecule has 16 heteroatoms. The fourth-order valence-corrected chi connectivity index (χ4v) is 4.54. The van der Waals surface area contributed by atoms with Gasteiger partial charge in [-0.15, -0.1) is 17.7 Å². The zero-order valence-corrected chi connectivity index (χ0v) is 22.3. The molecule has 0 radical (unpaired) electrons. The predicted octanol–water partition coefficient (Wildman–Crippen LogP) is 3.89. The Bertz CT molecular complexity index is 1890. The van der Waals surface area contributed by atoms with Crippen molar-refractivity contribution in [2.45, 2.75) is 11.3 Å². The first-order valence-corrected chi connectivity index (χ1v) is 14.9. The molecule has 4 aromatic rings. The smallest absolute Gasteiger partial charge is 0.425 e. The third kappa shape index (κ3) is 8.52. The summed E-state index contributed by atoms with van der Waals surface area (Å²) in [5, 5.41) is 11.2. The van der Waals surface area contributed by atoms with Gasteiger partial charge in [0.05, 0.1) is 28.6 Å². The van der Waals surface area contributed by atoms with Crippen molar-refractivity contribution < 1.29 is 43.3 Å². The van der Waals surface area contributed by atoms with E-state index in [0.29, 0.717) is 33.6 Å². The molecule has 0 spiro atoms. The summed E-state index contributed by atoms with van der Waals surface area (Å²) in [7, 11) is -11.5. The Hall–Kier alpha value is -3.96. The van der Waals surface area contributed by atoms with Gasteiger partial charge in [-0.05, 0) is 60.3 Å². The van der Waals surface area contributed by atoms with Gasteiger partial charge in [-0.2, -0.15) is 21.9 Å². The number of azo groups is 1. The first-order chi connectivity index (χ1) is 18.2. The van der Waals surface area contributed by atoms with Gasteiger partial charge in [-0.3, -0.25) is 9.11 Å². The molecule has 0 heterocycles. The van der Waals surface area contributed by atoms with Crippen LogP contribution < -0.4 is 10.5 Å². The SMILES string of the molecule is Nc1ccc(N=Nc2ccc3c(OCCCS(=O)(=O)O)cccc3c2)c2ccc(S(=O)(=O)O)cc12.O=S(=O)=O. The van der Waals surface area contributed by atoms with Crippen molar-refractivity contribution in [1.82, 2.24) is 0 Å². The van der Waals surface area contributed by atoms with Crippen LogP contribution in [0.15, 0.2) is 81.9 Å². The molecule has 0 aliphatic rings. The lowest BCUT2D eigenvalue weighted by Gasteiger charge is -2.09. The minimum atomic E-state index is -4.38. The average molecular weight is 596 g/mol. The van der Waals surface area contributed by atoms with Gasteiger partial charge in [-0.25, -0.2) is 0 Å². The van der Waals surface area contributed by atoms with Gasteiger partial charge in [0.1, 0.15) is 5.75 Å². The van der Waals surface area contributed by atoms with Gasteiger partial charge in [0.25, 0.3) is 20.2 Å². The molecule has 0 aliphatic heterocycles. The number of anilines is 1. The highest BCUT2D eigenvalue weighted by Crippen LogP contribution is 2.34. The van der Waals surface area contributed by atoms with Crippen molar-refractivity contribution in [3.05, 3.63) is 66.7 Å². The van der Waals surface area contributed by atoms with E-state index in [0.717, 1.165) is 10.8 Å². The van der Waals surface area contributed by atoms with Crippen molar-refractivity contribution >= 4 is 69.5 Å². The summed E-state index contributed by atoms with van der Waals surface area (Å²) in [4.78, 5) is -0.267. The van der Waals surface area contributed by atoms with Gasteiger partial charge in [-0.1, -0.05) is 18.2 Å². The minimum Gasteiger partial charge on any atom is -0.493 e. The highest BCUT2D eigenvalue weighted by atomic mass is 32.2. The molecule has 0 saturated heterocycles. The van der Waals surface area contributed by atoms with E-state index in [9.17, 15) is 21.4 Å². The van der Waals surface area contributed by atoms with Crippen LogP contribution in [-0.4, -0.2) is 50.9 Å². The Morgan fingerprint density at radius 3 is 2.18 bits per heavy atom. The second kappa shape index (κ2) is 12.3. The van der Waals surface area contributed by atoms with Crippen molar-refractivity contribution in [3.8, 4) is 5.75 Å². The number of hydrogen-bond donors (Lipinski definition) is 3. The maximum atomic E-state index is 11.5. The minimum absolute atomic E-state index is 0.129. The Balaban J connectivity index is 0.000000983. The van der Waals surface area contributed by atoms with E-state index in [-0.39, 0.29) is 23.7 Å². The van der Waals surface area contributed by atoms with Crippen LogP contribution >= 0.6 is 0 Å². The summed E-state index contributed by atoms with van der Waals surface area (Å²) in [6.07, 6.45) is 0.156. The van der Waals surface area contributed by atoms with E-state index in [1.165, 1.54) is 18.2 Å². The van der Waals surface area contributed by atoms with E-state index >= 15 is 0 Å². The Kier molecular flexibility index (Phi) is 9.31. The summed E-state index contributed by atoms with van der Waals surface area (Å²) in [6, 6.07) is 18.1. The maximum absolute atomic E-state index is 11.5. The molecule has 206 valence electrons. The lowest BCUT2D eigenvalue weighted by Crippen LogP contribution is -2.08. The second-order valence-electron chi connectivity index (χ2n) is 7.91. The van der Waals surface area contributed by atoms with Crippen LogP contribution in [0.4, 0.5) is 17.1 Å². The van der Waals surface area contributed by atoms with E-state index < -0.39 is 30.8 Å².